The van der Waals surface area contributed by atoms with Crippen molar-refractivity contribution in [1.29, 1.82) is 0 Å². The average Bonchev–Trinajstić information content (AvgIpc) is 2.38. The van der Waals surface area contributed by atoms with Gasteiger partial charge in [-0.05, 0) is 26.2 Å². The van der Waals surface area contributed by atoms with Crippen LogP contribution in [0.15, 0.2) is 0 Å². The van der Waals surface area contributed by atoms with Crippen molar-refractivity contribution in [3.63, 3.8) is 0 Å². The third-order valence-electron chi connectivity index (χ3n) is 4.52. The first-order chi connectivity index (χ1) is 8.11. The number of rotatable bonds is 6. The van der Waals surface area contributed by atoms with Gasteiger partial charge in [-0.3, -0.25) is 4.90 Å². The minimum Gasteiger partial charge on any atom is -0.380 e. The van der Waals surface area contributed by atoms with Gasteiger partial charge in [0.1, 0.15) is 0 Å². The molecule has 0 radical (unpaired) electrons. The number of methoxy groups -OCH3 is 1. The van der Waals surface area contributed by atoms with Crippen LogP contribution in [0.1, 0.15) is 47.0 Å². The van der Waals surface area contributed by atoms with E-state index >= 15 is 0 Å². The minimum atomic E-state index is 0.322. The molecule has 1 N–H and O–H groups in total. The molecule has 0 aromatic heterocycles. The van der Waals surface area contributed by atoms with E-state index in [-0.39, 0.29) is 0 Å². The smallest absolute Gasteiger partial charge is 0.0670 e. The van der Waals surface area contributed by atoms with E-state index in [1.165, 1.54) is 19.3 Å². The van der Waals surface area contributed by atoms with Gasteiger partial charge in [-0.1, -0.05) is 20.8 Å². The number of hydrogen-bond acceptors (Lipinski definition) is 3. The third kappa shape index (κ3) is 3.43. The molecule has 0 aromatic carbocycles. The van der Waals surface area contributed by atoms with Gasteiger partial charge in [-0.2, -0.15) is 0 Å². The number of hydrogen-bond donors (Lipinski definition) is 1. The molecule has 0 amide bonds. The lowest BCUT2D eigenvalue weighted by Crippen LogP contribution is -2.65. The molecule has 3 heteroatoms. The highest BCUT2D eigenvalue weighted by Gasteiger charge is 2.38. The first-order valence-electron chi connectivity index (χ1n) is 7.13. The minimum absolute atomic E-state index is 0.322. The van der Waals surface area contributed by atoms with Crippen molar-refractivity contribution in [2.24, 2.45) is 0 Å². The summed E-state index contributed by atoms with van der Waals surface area (Å²) in [5.74, 6) is 0. The van der Waals surface area contributed by atoms with Crippen LogP contribution < -0.4 is 5.32 Å². The quantitative estimate of drug-likeness (QED) is 0.773. The molecule has 3 nitrogen and oxygen atoms in total. The van der Waals surface area contributed by atoms with Gasteiger partial charge >= 0.3 is 0 Å². The van der Waals surface area contributed by atoms with Crippen molar-refractivity contribution >= 4 is 0 Å². The summed E-state index contributed by atoms with van der Waals surface area (Å²) in [7, 11) is 1.81. The normalized spacial score (nSPS) is 27.0. The summed E-state index contributed by atoms with van der Waals surface area (Å²) in [6, 6.07) is 0.644. The molecule has 1 aliphatic heterocycles. The van der Waals surface area contributed by atoms with E-state index in [0.29, 0.717) is 17.7 Å². The lowest BCUT2D eigenvalue weighted by Gasteiger charge is -2.50. The Bertz CT molecular complexity index is 214. The van der Waals surface area contributed by atoms with Crippen molar-refractivity contribution < 1.29 is 4.74 Å². The van der Waals surface area contributed by atoms with Crippen LogP contribution >= 0.6 is 0 Å². The van der Waals surface area contributed by atoms with Gasteiger partial charge in [0, 0.05) is 38.3 Å². The van der Waals surface area contributed by atoms with Crippen molar-refractivity contribution in [2.75, 3.05) is 26.7 Å². The van der Waals surface area contributed by atoms with Crippen LogP contribution in [-0.4, -0.2) is 49.3 Å². The van der Waals surface area contributed by atoms with Gasteiger partial charge in [-0.25, -0.2) is 0 Å². The topological polar surface area (TPSA) is 24.5 Å². The van der Waals surface area contributed by atoms with Crippen LogP contribution in [0.3, 0.4) is 0 Å². The largest absolute Gasteiger partial charge is 0.380 e. The summed E-state index contributed by atoms with van der Waals surface area (Å²) >= 11 is 0. The van der Waals surface area contributed by atoms with Gasteiger partial charge in [0.2, 0.25) is 0 Å². The predicted molar refractivity (Wildman–Crippen MR) is 73.4 cm³/mol. The molecule has 0 aromatic rings. The Kier molecular flexibility index (Phi) is 5.90. The van der Waals surface area contributed by atoms with E-state index in [9.17, 15) is 0 Å². The highest BCUT2D eigenvalue weighted by atomic mass is 16.5. The summed E-state index contributed by atoms with van der Waals surface area (Å²) in [5, 5.41) is 3.70. The summed E-state index contributed by atoms with van der Waals surface area (Å²) in [5.41, 5.74) is 0.332. The lowest BCUT2D eigenvalue weighted by atomic mass is 9.86. The van der Waals surface area contributed by atoms with Gasteiger partial charge in [0.05, 0.1) is 6.10 Å². The molecule has 1 aliphatic rings. The van der Waals surface area contributed by atoms with Crippen LogP contribution in [0.25, 0.3) is 0 Å². The molecule has 1 heterocycles. The van der Waals surface area contributed by atoms with Gasteiger partial charge in [0.25, 0.3) is 0 Å². The Morgan fingerprint density at radius 3 is 2.47 bits per heavy atom. The monoisotopic (exact) mass is 242 g/mol. The highest BCUT2D eigenvalue weighted by molar-refractivity contribution is 4.97. The van der Waals surface area contributed by atoms with Crippen molar-refractivity contribution in [3.05, 3.63) is 0 Å². The number of nitrogens with one attached hydrogen (secondary N) is 1. The van der Waals surface area contributed by atoms with Crippen molar-refractivity contribution in [1.82, 2.24) is 10.2 Å². The molecule has 2 unspecified atom stereocenters. The van der Waals surface area contributed by atoms with Crippen LogP contribution in [0.2, 0.25) is 0 Å². The lowest BCUT2D eigenvalue weighted by molar-refractivity contribution is -0.0126. The second kappa shape index (κ2) is 6.72. The molecule has 0 bridgehead atoms. The van der Waals surface area contributed by atoms with Crippen LogP contribution in [-0.2, 0) is 4.74 Å². The number of nitrogens with zero attached hydrogens (tertiary/aromatic N) is 1. The zero-order chi connectivity index (χ0) is 12.9. The van der Waals surface area contributed by atoms with E-state index in [1.54, 1.807) is 0 Å². The fourth-order valence-electron chi connectivity index (χ4n) is 2.84. The first-order valence-corrected chi connectivity index (χ1v) is 7.13. The van der Waals surface area contributed by atoms with Gasteiger partial charge in [-0.15, -0.1) is 0 Å². The van der Waals surface area contributed by atoms with Crippen LogP contribution in [0, 0.1) is 0 Å². The Balaban J connectivity index is 2.73. The molecule has 1 saturated heterocycles. The fraction of sp³-hybridized carbons (Fsp3) is 1.00. The van der Waals surface area contributed by atoms with E-state index in [1.807, 2.05) is 7.11 Å². The predicted octanol–water partition coefficient (Wildman–Crippen LogP) is 2.26. The molecule has 0 saturated carbocycles. The first kappa shape index (κ1) is 14.9. The molecular formula is C14H30N2O. The Labute approximate surface area is 107 Å². The average molecular weight is 242 g/mol. The summed E-state index contributed by atoms with van der Waals surface area (Å²) in [6.45, 7) is 12.4. The maximum Gasteiger partial charge on any atom is 0.0670 e. The van der Waals surface area contributed by atoms with E-state index in [2.05, 4.69) is 37.9 Å². The van der Waals surface area contributed by atoms with E-state index in [0.717, 1.165) is 19.6 Å². The second-order valence-electron chi connectivity index (χ2n) is 5.37. The van der Waals surface area contributed by atoms with Crippen LogP contribution in [0.4, 0.5) is 0 Å². The zero-order valence-corrected chi connectivity index (χ0v) is 12.3. The van der Waals surface area contributed by atoms with Crippen molar-refractivity contribution in [3.8, 4) is 0 Å². The third-order valence-corrected chi connectivity index (χ3v) is 4.52. The second-order valence-corrected chi connectivity index (χ2v) is 5.37. The molecule has 0 spiro atoms. The molecular weight excluding hydrogens is 212 g/mol. The zero-order valence-electron chi connectivity index (χ0n) is 12.3. The highest BCUT2D eigenvalue weighted by Crippen LogP contribution is 2.27. The molecule has 2 atom stereocenters. The molecule has 0 aliphatic carbocycles. The Morgan fingerprint density at radius 2 is 2.00 bits per heavy atom. The molecule has 102 valence electrons. The SMILES string of the molecule is CCC1CN(CC(C)OC)C(CC)(CC)CN1. The summed E-state index contributed by atoms with van der Waals surface area (Å²) in [6.07, 6.45) is 3.96. The van der Waals surface area contributed by atoms with E-state index in [4.69, 9.17) is 4.74 Å². The molecule has 1 rings (SSSR count). The number of ether oxygens (including phenoxy) is 1. The van der Waals surface area contributed by atoms with Gasteiger partial charge < -0.3 is 10.1 Å². The fourth-order valence-corrected chi connectivity index (χ4v) is 2.84. The van der Waals surface area contributed by atoms with Gasteiger partial charge in [0.15, 0.2) is 0 Å². The summed E-state index contributed by atoms with van der Waals surface area (Å²) < 4.78 is 5.44. The maximum absolute atomic E-state index is 5.44. The molecule has 17 heavy (non-hydrogen) atoms. The van der Waals surface area contributed by atoms with Crippen molar-refractivity contribution in [2.45, 2.75) is 64.6 Å². The van der Waals surface area contributed by atoms with E-state index < -0.39 is 0 Å². The van der Waals surface area contributed by atoms with Crippen LogP contribution in [0.5, 0.6) is 0 Å². The number of piperazine rings is 1. The summed E-state index contributed by atoms with van der Waals surface area (Å²) in [4.78, 5) is 2.66. The maximum atomic E-state index is 5.44. The Morgan fingerprint density at radius 1 is 1.35 bits per heavy atom. The Hall–Kier alpha value is -0.120. The molecule has 1 fully saturated rings. The standard InChI is InChI=1S/C14H30N2O/c1-6-13-10-16(9-12(4)17-5)14(7-2,8-3)11-15-13/h12-13,15H,6-11H2,1-5H3.